The van der Waals surface area contributed by atoms with Crippen molar-refractivity contribution in [1.82, 2.24) is 0 Å². The van der Waals surface area contributed by atoms with E-state index in [1.54, 1.807) is 6.92 Å². The van der Waals surface area contributed by atoms with Crippen LogP contribution < -0.4 is 0 Å². The van der Waals surface area contributed by atoms with E-state index in [0.29, 0.717) is 0 Å². The number of carbonyl (C=O) groups is 1. The van der Waals surface area contributed by atoms with Crippen molar-refractivity contribution in [3.8, 4) is 0 Å². The summed E-state index contributed by atoms with van der Waals surface area (Å²) in [5.74, 6) is 0. The minimum Gasteiger partial charge on any atom is -0.392 e. The molecule has 1 radical (unpaired) electrons. The molecule has 0 bridgehead atoms. The molecule has 1 atom stereocenters. The Labute approximate surface area is 71.4 Å². The Bertz CT molecular complexity index is 147. The molecule has 0 spiro atoms. The molecule has 11 heavy (non-hydrogen) atoms. The lowest BCUT2D eigenvalue weighted by Gasteiger charge is -2.24. The van der Waals surface area contributed by atoms with Crippen LogP contribution in [-0.4, -0.2) is 16.3 Å². The van der Waals surface area contributed by atoms with Gasteiger partial charge < -0.3 is 5.11 Å². The summed E-state index contributed by atoms with van der Waals surface area (Å²) in [6, 6.07) is 0. The van der Waals surface area contributed by atoms with E-state index in [2.05, 4.69) is 0 Å². The molecular weight excluding hydrogens is 160 g/mol. The molecule has 0 saturated heterocycles. The summed E-state index contributed by atoms with van der Waals surface area (Å²) in [4.78, 5) is 10.7. The van der Waals surface area contributed by atoms with Gasteiger partial charge in [-0.15, -0.1) is 0 Å². The first kappa shape index (κ1) is 9.07. The van der Waals surface area contributed by atoms with Crippen LogP contribution in [0.15, 0.2) is 0 Å². The zero-order valence-electron chi connectivity index (χ0n) is 6.67. The molecule has 0 amide bonds. The molecule has 63 valence electrons. The fourth-order valence-corrected chi connectivity index (χ4v) is 2.14. The maximum Gasteiger partial charge on any atom is 0.186 e. The van der Waals surface area contributed by atoms with Crippen molar-refractivity contribution in [3.05, 3.63) is 5.25 Å². The fraction of sp³-hybridized carbons (Fsp3) is 0.750. The summed E-state index contributed by atoms with van der Waals surface area (Å²) in [5, 5.41) is 10.5. The van der Waals surface area contributed by atoms with Gasteiger partial charge in [0, 0.05) is 6.92 Å². The summed E-state index contributed by atoms with van der Waals surface area (Å²) in [7, 11) is 0. The highest BCUT2D eigenvalue weighted by Gasteiger charge is 2.25. The standard InChI is InChI=1S/C8H13O2S/c1-6(9)11-8-5-3-2-4-7(8)10/h7,10H,2-5H2,1H3. The zero-order valence-corrected chi connectivity index (χ0v) is 7.49. The third-order valence-corrected chi connectivity index (χ3v) is 2.82. The number of aliphatic hydroxyl groups is 1. The van der Waals surface area contributed by atoms with E-state index in [1.807, 2.05) is 0 Å². The van der Waals surface area contributed by atoms with Crippen molar-refractivity contribution in [3.63, 3.8) is 0 Å². The predicted octanol–water partition coefficient (Wildman–Crippen LogP) is 1.73. The highest BCUT2D eigenvalue weighted by molar-refractivity contribution is 8.16. The van der Waals surface area contributed by atoms with Crippen LogP contribution in [0.3, 0.4) is 0 Å². The SMILES string of the molecule is CC(=O)S[C]1CCCCC1O. The van der Waals surface area contributed by atoms with Gasteiger partial charge in [0.2, 0.25) is 0 Å². The minimum atomic E-state index is -0.336. The molecule has 1 aliphatic carbocycles. The number of carbonyl (C=O) groups excluding carboxylic acids is 1. The topological polar surface area (TPSA) is 37.3 Å². The summed E-state index contributed by atoms with van der Waals surface area (Å²) >= 11 is 1.21. The van der Waals surface area contributed by atoms with Gasteiger partial charge in [0.05, 0.1) is 11.4 Å². The van der Waals surface area contributed by atoms with Crippen LogP contribution in [0.2, 0.25) is 0 Å². The Morgan fingerprint density at radius 1 is 1.64 bits per heavy atom. The smallest absolute Gasteiger partial charge is 0.186 e. The van der Waals surface area contributed by atoms with Gasteiger partial charge in [-0.3, -0.25) is 4.79 Å². The molecule has 1 N–H and O–H groups in total. The van der Waals surface area contributed by atoms with Gasteiger partial charge in [-0.05, 0) is 12.8 Å². The molecule has 2 nitrogen and oxygen atoms in total. The van der Waals surface area contributed by atoms with Crippen LogP contribution in [0.4, 0.5) is 0 Å². The van der Waals surface area contributed by atoms with E-state index in [4.69, 9.17) is 0 Å². The van der Waals surface area contributed by atoms with E-state index in [-0.39, 0.29) is 11.2 Å². The maximum atomic E-state index is 10.7. The van der Waals surface area contributed by atoms with Gasteiger partial charge >= 0.3 is 0 Å². The first-order valence-electron chi connectivity index (χ1n) is 3.92. The van der Waals surface area contributed by atoms with Crippen LogP contribution in [0, 0.1) is 5.25 Å². The molecule has 0 aromatic heterocycles. The van der Waals surface area contributed by atoms with Gasteiger partial charge in [0.15, 0.2) is 5.12 Å². The molecule has 0 heterocycles. The Morgan fingerprint density at radius 2 is 2.36 bits per heavy atom. The van der Waals surface area contributed by atoms with Crippen molar-refractivity contribution >= 4 is 16.9 Å². The number of rotatable bonds is 1. The van der Waals surface area contributed by atoms with Crippen LogP contribution in [0.25, 0.3) is 0 Å². The average Bonchev–Trinajstić information content (AvgIpc) is 1.93. The molecule has 1 fully saturated rings. The Hall–Kier alpha value is -0.0200. The number of hydrogen-bond donors (Lipinski definition) is 1. The van der Waals surface area contributed by atoms with Gasteiger partial charge in [-0.2, -0.15) is 0 Å². The molecule has 1 rings (SSSR count). The van der Waals surface area contributed by atoms with Crippen molar-refractivity contribution in [1.29, 1.82) is 0 Å². The lowest BCUT2D eigenvalue weighted by Crippen LogP contribution is -2.20. The van der Waals surface area contributed by atoms with E-state index >= 15 is 0 Å². The average molecular weight is 173 g/mol. The lowest BCUT2D eigenvalue weighted by molar-refractivity contribution is -0.109. The van der Waals surface area contributed by atoms with Crippen molar-refractivity contribution in [2.75, 3.05) is 0 Å². The normalized spacial score (nSPS) is 26.9. The van der Waals surface area contributed by atoms with Gasteiger partial charge in [0.25, 0.3) is 0 Å². The van der Waals surface area contributed by atoms with Crippen LogP contribution in [-0.2, 0) is 4.79 Å². The Morgan fingerprint density at radius 3 is 2.91 bits per heavy atom. The van der Waals surface area contributed by atoms with E-state index in [0.717, 1.165) is 30.9 Å². The van der Waals surface area contributed by atoms with E-state index < -0.39 is 0 Å². The summed E-state index contributed by atoms with van der Waals surface area (Å²) in [6.07, 6.45) is 3.61. The third-order valence-electron chi connectivity index (χ3n) is 1.80. The molecule has 1 aliphatic rings. The highest BCUT2D eigenvalue weighted by Crippen LogP contribution is 2.35. The van der Waals surface area contributed by atoms with Crippen LogP contribution in [0.5, 0.6) is 0 Å². The summed E-state index contributed by atoms with van der Waals surface area (Å²) in [5.41, 5.74) is 0. The number of aliphatic hydroxyl groups excluding tert-OH is 1. The van der Waals surface area contributed by atoms with E-state index in [1.165, 1.54) is 11.8 Å². The molecule has 0 aromatic rings. The zero-order chi connectivity index (χ0) is 8.27. The second kappa shape index (κ2) is 4.12. The van der Waals surface area contributed by atoms with Crippen molar-refractivity contribution < 1.29 is 9.90 Å². The Kier molecular flexibility index (Phi) is 3.40. The second-order valence-corrected chi connectivity index (χ2v) is 4.12. The van der Waals surface area contributed by atoms with Crippen molar-refractivity contribution in [2.45, 2.75) is 38.7 Å². The van der Waals surface area contributed by atoms with Gasteiger partial charge in [0.1, 0.15) is 0 Å². The van der Waals surface area contributed by atoms with Crippen LogP contribution in [0.1, 0.15) is 32.6 Å². The summed E-state index contributed by atoms with van der Waals surface area (Å²) < 4.78 is 0. The van der Waals surface area contributed by atoms with Crippen LogP contribution >= 0.6 is 11.8 Å². The largest absolute Gasteiger partial charge is 0.392 e. The highest BCUT2D eigenvalue weighted by atomic mass is 32.2. The molecule has 0 aliphatic heterocycles. The lowest BCUT2D eigenvalue weighted by atomic mass is 9.97. The number of thioether (sulfide) groups is 1. The molecule has 1 saturated carbocycles. The quantitative estimate of drug-likeness (QED) is 0.656. The van der Waals surface area contributed by atoms with Gasteiger partial charge in [-0.1, -0.05) is 24.6 Å². The molecule has 3 heteroatoms. The first-order chi connectivity index (χ1) is 5.20. The first-order valence-corrected chi connectivity index (χ1v) is 4.74. The predicted molar refractivity (Wildman–Crippen MR) is 46.0 cm³/mol. The Balaban J connectivity index is 2.35. The molecular formula is C8H13O2S. The third kappa shape index (κ3) is 2.83. The van der Waals surface area contributed by atoms with E-state index in [9.17, 15) is 9.90 Å². The maximum absolute atomic E-state index is 10.7. The molecule has 0 aromatic carbocycles. The fourth-order valence-electron chi connectivity index (χ4n) is 1.27. The molecule has 1 unspecified atom stereocenters. The van der Waals surface area contributed by atoms with Crippen molar-refractivity contribution in [2.24, 2.45) is 0 Å². The second-order valence-electron chi connectivity index (χ2n) is 2.82. The monoisotopic (exact) mass is 173 g/mol. The van der Waals surface area contributed by atoms with Gasteiger partial charge in [-0.25, -0.2) is 0 Å². The minimum absolute atomic E-state index is 0.0842. The number of hydrogen-bond acceptors (Lipinski definition) is 3. The summed E-state index contributed by atoms with van der Waals surface area (Å²) in [6.45, 7) is 1.54.